The molecule has 2 unspecified atom stereocenters. The van der Waals surface area contributed by atoms with Crippen LogP contribution in [0.1, 0.15) is 52.4 Å². The van der Waals surface area contributed by atoms with Crippen LogP contribution in [0.25, 0.3) is 0 Å². The minimum atomic E-state index is -1.07. The van der Waals surface area contributed by atoms with E-state index in [0.717, 1.165) is 25.7 Å². The minimum absolute atomic E-state index is 0.518. The van der Waals surface area contributed by atoms with Gasteiger partial charge < -0.3 is 10.2 Å². The molecule has 0 rings (SSSR count). The summed E-state index contributed by atoms with van der Waals surface area (Å²) < 4.78 is 0. The Morgan fingerprint density at radius 2 is 1.26 bits per heavy atom. The van der Waals surface area contributed by atoms with Crippen LogP contribution >= 0.6 is 25.3 Å². The van der Waals surface area contributed by atoms with Gasteiger partial charge in [0.05, 0.1) is 0 Å². The standard InChI is InChI=1S/C13H24O4S2/c1-3-5-7-13(8-6-4-2,9(18)11(14)15)10(19)12(16)17/h9-10,18-19H,3-8H2,1-2H3,(H,14,15)(H,16,17). The Kier molecular flexibility index (Phi) is 8.57. The second-order valence-electron chi connectivity index (χ2n) is 4.92. The van der Waals surface area contributed by atoms with E-state index in [1.54, 1.807) is 0 Å². The molecular formula is C13H24O4S2. The number of aliphatic carboxylic acids is 2. The molecule has 0 aliphatic rings. The Hall–Kier alpha value is -0.360. The van der Waals surface area contributed by atoms with Gasteiger partial charge in [0.25, 0.3) is 0 Å². The molecule has 0 aromatic rings. The molecule has 6 heteroatoms. The van der Waals surface area contributed by atoms with Crippen molar-refractivity contribution < 1.29 is 19.8 Å². The highest BCUT2D eigenvalue weighted by atomic mass is 32.1. The fourth-order valence-electron chi connectivity index (χ4n) is 2.33. The van der Waals surface area contributed by atoms with Crippen molar-refractivity contribution in [3.63, 3.8) is 0 Å². The zero-order valence-electron chi connectivity index (χ0n) is 11.5. The summed E-state index contributed by atoms with van der Waals surface area (Å²) in [6.07, 6.45) is 4.36. The molecule has 0 aromatic heterocycles. The van der Waals surface area contributed by atoms with Crippen LogP contribution in [0.15, 0.2) is 0 Å². The van der Waals surface area contributed by atoms with Crippen LogP contribution in [0.3, 0.4) is 0 Å². The van der Waals surface area contributed by atoms with Crippen LogP contribution in [-0.4, -0.2) is 32.7 Å². The van der Waals surface area contributed by atoms with E-state index in [9.17, 15) is 19.8 Å². The SMILES string of the molecule is CCCCC(CCCC)(C(S)C(=O)O)C(S)C(=O)O. The third-order valence-electron chi connectivity index (χ3n) is 3.55. The molecule has 19 heavy (non-hydrogen) atoms. The van der Waals surface area contributed by atoms with E-state index in [2.05, 4.69) is 25.3 Å². The van der Waals surface area contributed by atoms with Gasteiger partial charge in [-0.1, -0.05) is 39.5 Å². The third-order valence-corrected chi connectivity index (χ3v) is 5.02. The summed E-state index contributed by atoms with van der Waals surface area (Å²) in [4.78, 5) is 22.6. The van der Waals surface area contributed by atoms with Gasteiger partial charge in [-0.15, -0.1) is 0 Å². The van der Waals surface area contributed by atoms with Gasteiger partial charge in [0.15, 0.2) is 0 Å². The number of carbonyl (C=O) groups is 2. The Balaban J connectivity index is 5.41. The summed E-state index contributed by atoms with van der Waals surface area (Å²) in [7, 11) is 0. The number of carboxylic acids is 2. The molecule has 0 bridgehead atoms. The molecule has 0 saturated heterocycles. The minimum Gasteiger partial charge on any atom is -0.480 e. The zero-order chi connectivity index (χ0) is 15.1. The molecule has 0 saturated carbocycles. The Labute approximate surface area is 125 Å². The van der Waals surface area contributed by atoms with Gasteiger partial charge >= 0.3 is 11.9 Å². The van der Waals surface area contributed by atoms with Crippen molar-refractivity contribution in [1.29, 1.82) is 0 Å². The summed E-state index contributed by atoms with van der Waals surface area (Å²) in [5.74, 6) is -2.15. The molecule has 0 aromatic carbocycles. The molecular weight excluding hydrogens is 284 g/mol. The van der Waals surface area contributed by atoms with E-state index >= 15 is 0 Å². The van der Waals surface area contributed by atoms with Crippen molar-refractivity contribution >= 4 is 37.2 Å². The van der Waals surface area contributed by atoms with Gasteiger partial charge in [-0.2, -0.15) is 25.3 Å². The predicted molar refractivity (Wildman–Crippen MR) is 82.3 cm³/mol. The molecule has 112 valence electrons. The summed E-state index contributed by atoms with van der Waals surface area (Å²) in [6, 6.07) is 0. The lowest BCUT2D eigenvalue weighted by Crippen LogP contribution is -2.47. The van der Waals surface area contributed by atoms with Crippen LogP contribution in [0, 0.1) is 5.41 Å². The van der Waals surface area contributed by atoms with E-state index in [0.29, 0.717) is 12.8 Å². The summed E-state index contributed by atoms with van der Waals surface area (Å²) in [5.41, 5.74) is -0.907. The molecule has 0 radical (unpaired) electrons. The van der Waals surface area contributed by atoms with Gasteiger partial charge in [0, 0.05) is 5.41 Å². The molecule has 0 fully saturated rings. The molecule has 2 atom stereocenters. The smallest absolute Gasteiger partial charge is 0.316 e. The molecule has 0 aliphatic carbocycles. The molecule has 0 heterocycles. The fourth-order valence-corrected chi connectivity index (χ4v) is 3.26. The van der Waals surface area contributed by atoms with Crippen molar-refractivity contribution in [2.45, 2.75) is 62.9 Å². The monoisotopic (exact) mass is 308 g/mol. The zero-order valence-corrected chi connectivity index (χ0v) is 13.3. The molecule has 0 spiro atoms. The maximum atomic E-state index is 11.3. The largest absolute Gasteiger partial charge is 0.480 e. The van der Waals surface area contributed by atoms with E-state index < -0.39 is 27.9 Å². The first-order valence-corrected chi connectivity index (χ1v) is 7.68. The quantitative estimate of drug-likeness (QED) is 0.468. The van der Waals surface area contributed by atoms with Gasteiger partial charge in [-0.05, 0) is 12.8 Å². The highest BCUT2D eigenvalue weighted by Gasteiger charge is 2.48. The maximum Gasteiger partial charge on any atom is 0.316 e. The lowest BCUT2D eigenvalue weighted by molar-refractivity contribution is -0.142. The second-order valence-corrected chi connectivity index (χ2v) is 5.95. The van der Waals surface area contributed by atoms with Gasteiger partial charge in [0.2, 0.25) is 0 Å². The lowest BCUT2D eigenvalue weighted by Gasteiger charge is -2.39. The van der Waals surface area contributed by atoms with Crippen molar-refractivity contribution in [3.05, 3.63) is 0 Å². The molecule has 0 amide bonds. The molecule has 2 N–H and O–H groups in total. The van der Waals surface area contributed by atoms with Crippen LogP contribution in [0.2, 0.25) is 0 Å². The summed E-state index contributed by atoms with van der Waals surface area (Å²) in [5, 5.41) is 16.5. The highest BCUT2D eigenvalue weighted by molar-refractivity contribution is 7.83. The van der Waals surface area contributed by atoms with E-state index in [-0.39, 0.29) is 0 Å². The number of carboxylic acid groups (broad SMARTS) is 2. The van der Waals surface area contributed by atoms with E-state index in [1.807, 2.05) is 13.8 Å². The summed E-state index contributed by atoms with van der Waals surface area (Å²) >= 11 is 8.35. The normalized spacial score (nSPS) is 14.9. The van der Waals surface area contributed by atoms with Crippen LogP contribution in [-0.2, 0) is 9.59 Å². The van der Waals surface area contributed by atoms with Crippen molar-refractivity contribution in [1.82, 2.24) is 0 Å². The van der Waals surface area contributed by atoms with E-state index in [1.165, 1.54) is 0 Å². The van der Waals surface area contributed by atoms with Crippen molar-refractivity contribution in [3.8, 4) is 0 Å². The Bertz CT molecular complexity index is 277. The third kappa shape index (κ3) is 4.91. The van der Waals surface area contributed by atoms with Crippen LogP contribution < -0.4 is 0 Å². The first kappa shape index (κ1) is 18.6. The number of unbranched alkanes of at least 4 members (excludes halogenated alkanes) is 2. The molecule has 4 nitrogen and oxygen atoms in total. The van der Waals surface area contributed by atoms with Crippen molar-refractivity contribution in [2.75, 3.05) is 0 Å². The second kappa shape index (κ2) is 8.74. The Morgan fingerprint density at radius 1 is 0.947 bits per heavy atom. The van der Waals surface area contributed by atoms with E-state index in [4.69, 9.17) is 0 Å². The lowest BCUT2D eigenvalue weighted by atomic mass is 9.72. The fraction of sp³-hybridized carbons (Fsp3) is 0.846. The number of hydrogen-bond donors (Lipinski definition) is 4. The Morgan fingerprint density at radius 3 is 1.47 bits per heavy atom. The van der Waals surface area contributed by atoms with Crippen molar-refractivity contribution in [2.24, 2.45) is 5.41 Å². The van der Waals surface area contributed by atoms with Gasteiger partial charge in [0.1, 0.15) is 10.5 Å². The van der Waals surface area contributed by atoms with Gasteiger partial charge in [-0.25, -0.2) is 0 Å². The first-order valence-electron chi connectivity index (χ1n) is 6.65. The highest BCUT2D eigenvalue weighted by Crippen LogP contribution is 2.43. The molecule has 0 aliphatic heterocycles. The first-order chi connectivity index (χ1) is 8.83. The van der Waals surface area contributed by atoms with Crippen LogP contribution in [0.5, 0.6) is 0 Å². The van der Waals surface area contributed by atoms with Crippen LogP contribution in [0.4, 0.5) is 0 Å². The average Bonchev–Trinajstić information content (AvgIpc) is 2.37. The number of hydrogen-bond acceptors (Lipinski definition) is 4. The number of rotatable bonds is 10. The topological polar surface area (TPSA) is 74.6 Å². The number of thiol groups is 2. The maximum absolute atomic E-state index is 11.3. The van der Waals surface area contributed by atoms with Gasteiger partial charge in [-0.3, -0.25) is 9.59 Å². The predicted octanol–water partition coefficient (Wildman–Crippen LogP) is 3.12. The summed E-state index contributed by atoms with van der Waals surface area (Å²) in [6.45, 7) is 3.99. The average molecular weight is 308 g/mol.